The van der Waals surface area contributed by atoms with Gasteiger partial charge >= 0.3 is 12.0 Å². The van der Waals surface area contributed by atoms with Gasteiger partial charge in [-0.2, -0.15) is 0 Å². The number of esters is 1. The first-order valence-electron chi connectivity index (χ1n) is 8.50. The Balaban J connectivity index is 1.96. The fourth-order valence-electron chi connectivity index (χ4n) is 2.79. The standard InChI is InChI=1S/C20H19ClN2O3S/c1-2-26-19(24)17-15(12-27-16-11-7-6-10-14(16)21)22-20(25)23-18(17)13-8-4-3-5-9-13/h3-11,18H,2,12H2,1H3,(H2,22,23,25)/t18-/m1/s1. The SMILES string of the molecule is CCOC(=O)C1=C(CSc2ccccc2Cl)NC(=O)N[C@@H]1c1ccccc1. The number of thioether (sulfide) groups is 1. The van der Waals surface area contributed by atoms with E-state index in [0.717, 1.165) is 10.5 Å². The number of ether oxygens (including phenoxy) is 1. The van der Waals surface area contributed by atoms with E-state index in [0.29, 0.717) is 22.0 Å². The van der Waals surface area contributed by atoms with Gasteiger partial charge in [0, 0.05) is 16.3 Å². The summed E-state index contributed by atoms with van der Waals surface area (Å²) in [6.07, 6.45) is 0. The zero-order valence-electron chi connectivity index (χ0n) is 14.7. The number of hydrogen-bond acceptors (Lipinski definition) is 4. The Hall–Kier alpha value is -2.44. The number of rotatable bonds is 6. The van der Waals surface area contributed by atoms with Crippen molar-refractivity contribution < 1.29 is 14.3 Å². The number of carbonyl (C=O) groups is 2. The summed E-state index contributed by atoms with van der Waals surface area (Å²) in [5.74, 6) is -0.0668. The summed E-state index contributed by atoms with van der Waals surface area (Å²) < 4.78 is 5.25. The van der Waals surface area contributed by atoms with Gasteiger partial charge in [-0.15, -0.1) is 11.8 Å². The predicted molar refractivity (Wildman–Crippen MR) is 107 cm³/mol. The van der Waals surface area contributed by atoms with Crippen molar-refractivity contribution in [3.8, 4) is 0 Å². The fourth-order valence-corrected chi connectivity index (χ4v) is 4.00. The van der Waals surface area contributed by atoms with Crippen LogP contribution in [0, 0.1) is 0 Å². The lowest BCUT2D eigenvalue weighted by Crippen LogP contribution is -2.46. The van der Waals surface area contributed by atoms with Crippen LogP contribution >= 0.6 is 23.4 Å². The minimum atomic E-state index is -0.569. The Labute approximate surface area is 167 Å². The molecule has 1 aliphatic rings. The lowest BCUT2D eigenvalue weighted by Gasteiger charge is -2.29. The third-order valence-corrected chi connectivity index (χ3v) is 5.53. The minimum Gasteiger partial charge on any atom is -0.463 e. The largest absolute Gasteiger partial charge is 0.463 e. The Morgan fingerprint density at radius 2 is 1.85 bits per heavy atom. The zero-order valence-corrected chi connectivity index (χ0v) is 16.3. The molecule has 0 spiro atoms. The molecule has 2 amide bonds. The van der Waals surface area contributed by atoms with Crippen molar-refractivity contribution in [2.24, 2.45) is 0 Å². The van der Waals surface area contributed by atoms with Gasteiger partial charge in [0.2, 0.25) is 0 Å². The van der Waals surface area contributed by atoms with Crippen LogP contribution in [-0.2, 0) is 9.53 Å². The van der Waals surface area contributed by atoms with E-state index in [-0.39, 0.29) is 12.6 Å². The van der Waals surface area contributed by atoms with Crippen molar-refractivity contribution >= 4 is 35.4 Å². The van der Waals surface area contributed by atoms with E-state index in [4.69, 9.17) is 16.3 Å². The van der Waals surface area contributed by atoms with E-state index >= 15 is 0 Å². The van der Waals surface area contributed by atoms with E-state index in [1.54, 1.807) is 13.0 Å². The summed E-state index contributed by atoms with van der Waals surface area (Å²) in [6.45, 7) is 2.01. The summed E-state index contributed by atoms with van der Waals surface area (Å²) in [5.41, 5.74) is 1.74. The van der Waals surface area contributed by atoms with Gasteiger partial charge in [-0.05, 0) is 24.6 Å². The van der Waals surface area contributed by atoms with Crippen molar-refractivity contribution in [2.45, 2.75) is 17.9 Å². The molecule has 2 aromatic carbocycles. The van der Waals surface area contributed by atoms with Gasteiger partial charge in [0.15, 0.2) is 0 Å². The highest BCUT2D eigenvalue weighted by atomic mass is 35.5. The molecule has 0 aromatic heterocycles. The van der Waals surface area contributed by atoms with E-state index in [9.17, 15) is 9.59 Å². The molecule has 0 radical (unpaired) electrons. The van der Waals surface area contributed by atoms with Crippen molar-refractivity contribution in [2.75, 3.05) is 12.4 Å². The van der Waals surface area contributed by atoms with Gasteiger partial charge in [-0.1, -0.05) is 54.1 Å². The first kappa shape index (κ1) is 19.3. The molecule has 7 heteroatoms. The number of urea groups is 1. The maximum absolute atomic E-state index is 12.7. The molecule has 0 fully saturated rings. The van der Waals surface area contributed by atoms with Crippen molar-refractivity contribution in [1.29, 1.82) is 0 Å². The minimum absolute atomic E-state index is 0.253. The molecule has 2 aromatic rings. The molecule has 0 aliphatic carbocycles. The first-order chi connectivity index (χ1) is 13.1. The second kappa shape index (κ2) is 8.97. The number of benzene rings is 2. The van der Waals surface area contributed by atoms with Crippen molar-refractivity contribution in [3.63, 3.8) is 0 Å². The van der Waals surface area contributed by atoms with Crippen LogP contribution in [0.4, 0.5) is 4.79 Å². The fraction of sp³-hybridized carbons (Fsp3) is 0.200. The summed E-state index contributed by atoms with van der Waals surface area (Å²) in [4.78, 5) is 25.8. The van der Waals surface area contributed by atoms with E-state index < -0.39 is 12.0 Å². The zero-order chi connectivity index (χ0) is 19.2. The average Bonchev–Trinajstić information content (AvgIpc) is 2.67. The molecule has 1 aliphatic heterocycles. The lowest BCUT2D eigenvalue weighted by atomic mass is 9.95. The van der Waals surface area contributed by atoms with Gasteiger partial charge in [0.25, 0.3) is 0 Å². The summed E-state index contributed by atoms with van der Waals surface area (Å²) in [6, 6.07) is 15.9. The van der Waals surface area contributed by atoms with Gasteiger partial charge in [0.1, 0.15) is 0 Å². The van der Waals surface area contributed by atoms with Crippen LogP contribution in [0.25, 0.3) is 0 Å². The Morgan fingerprint density at radius 1 is 1.15 bits per heavy atom. The highest BCUT2D eigenvalue weighted by Crippen LogP contribution is 2.32. The van der Waals surface area contributed by atoms with Crippen molar-refractivity contribution in [1.82, 2.24) is 10.6 Å². The van der Waals surface area contributed by atoms with Crippen LogP contribution < -0.4 is 10.6 Å². The van der Waals surface area contributed by atoms with Crippen LogP contribution in [0.2, 0.25) is 5.02 Å². The monoisotopic (exact) mass is 402 g/mol. The Bertz CT molecular complexity index is 871. The third-order valence-electron chi connectivity index (χ3n) is 3.99. The molecule has 0 saturated carbocycles. The number of nitrogens with one attached hydrogen (secondary N) is 2. The number of carbonyl (C=O) groups excluding carboxylic acids is 2. The molecule has 5 nitrogen and oxygen atoms in total. The molecule has 3 rings (SSSR count). The third kappa shape index (κ3) is 4.64. The normalized spacial score (nSPS) is 16.5. The summed E-state index contributed by atoms with van der Waals surface area (Å²) in [5, 5.41) is 6.20. The van der Waals surface area contributed by atoms with Gasteiger partial charge in [-0.25, -0.2) is 9.59 Å². The van der Waals surface area contributed by atoms with Gasteiger partial charge in [0.05, 0.1) is 23.2 Å². The Kier molecular flexibility index (Phi) is 6.42. The van der Waals surface area contributed by atoms with Gasteiger partial charge in [-0.3, -0.25) is 0 Å². The lowest BCUT2D eigenvalue weighted by molar-refractivity contribution is -0.139. The highest BCUT2D eigenvalue weighted by molar-refractivity contribution is 7.99. The number of hydrogen-bond donors (Lipinski definition) is 2. The Morgan fingerprint density at radius 3 is 2.56 bits per heavy atom. The van der Waals surface area contributed by atoms with Crippen LogP contribution in [0.3, 0.4) is 0 Å². The number of halogens is 1. The number of amides is 2. The topological polar surface area (TPSA) is 67.4 Å². The highest BCUT2D eigenvalue weighted by Gasteiger charge is 2.33. The van der Waals surface area contributed by atoms with E-state index in [2.05, 4.69) is 10.6 Å². The van der Waals surface area contributed by atoms with E-state index in [1.807, 2.05) is 48.5 Å². The first-order valence-corrected chi connectivity index (χ1v) is 9.86. The van der Waals surface area contributed by atoms with Crippen LogP contribution in [0.1, 0.15) is 18.5 Å². The summed E-state index contributed by atoms with van der Waals surface area (Å²) in [7, 11) is 0. The van der Waals surface area contributed by atoms with Crippen LogP contribution in [-0.4, -0.2) is 24.4 Å². The second-order valence-electron chi connectivity index (χ2n) is 5.77. The molecule has 2 N–H and O–H groups in total. The molecule has 0 unspecified atom stereocenters. The molecule has 0 saturated heterocycles. The summed E-state index contributed by atoms with van der Waals surface area (Å²) >= 11 is 7.67. The maximum Gasteiger partial charge on any atom is 0.338 e. The molecule has 1 heterocycles. The molecular weight excluding hydrogens is 384 g/mol. The molecule has 140 valence electrons. The average molecular weight is 403 g/mol. The van der Waals surface area contributed by atoms with Gasteiger partial charge < -0.3 is 15.4 Å². The molecule has 0 bridgehead atoms. The maximum atomic E-state index is 12.7. The predicted octanol–water partition coefficient (Wildman–Crippen LogP) is 4.30. The van der Waals surface area contributed by atoms with Crippen LogP contribution in [0.5, 0.6) is 0 Å². The molecular formula is C20H19ClN2O3S. The smallest absolute Gasteiger partial charge is 0.338 e. The quantitative estimate of drug-likeness (QED) is 0.558. The second-order valence-corrected chi connectivity index (χ2v) is 7.20. The van der Waals surface area contributed by atoms with Crippen LogP contribution in [0.15, 0.2) is 70.8 Å². The van der Waals surface area contributed by atoms with E-state index in [1.165, 1.54) is 11.8 Å². The molecule has 1 atom stereocenters. The molecule has 27 heavy (non-hydrogen) atoms. The van der Waals surface area contributed by atoms with Crippen molar-refractivity contribution in [3.05, 3.63) is 76.5 Å².